The van der Waals surface area contributed by atoms with E-state index in [-0.39, 0.29) is 24.3 Å². The van der Waals surface area contributed by atoms with Crippen molar-refractivity contribution >= 4 is 46.8 Å². The van der Waals surface area contributed by atoms with Gasteiger partial charge in [-0.15, -0.1) is 34.9 Å². The molecule has 0 bridgehead atoms. The third-order valence-corrected chi connectivity index (χ3v) is 5.81. The fourth-order valence-electron chi connectivity index (χ4n) is 1.54. The van der Waals surface area contributed by atoms with Gasteiger partial charge in [-0.1, -0.05) is 0 Å². The zero-order valence-electron chi connectivity index (χ0n) is 12.2. The summed E-state index contributed by atoms with van der Waals surface area (Å²) in [5.74, 6) is -1.41. The largest absolute Gasteiger partial charge is 0.462 e. The van der Waals surface area contributed by atoms with Crippen molar-refractivity contribution in [3.05, 3.63) is 21.4 Å². The number of rotatable bonds is 6. The molecule has 0 amide bonds. The van der Waals surface area contributed by atoms with Crippen LogP contribution in [0.25, 0.3) is 0 Å². The summed E-state index contributed by atoms with van der Waals surface area (Å²) in [6.07, 6.45) is 3.53. The van der Waals surface area contributed by atoms with Gasteiger partial charge in [0.2, 0.25) is 5.43 Å². The second-order valence-electron chi connectivity index (χ2n) is 3.61. The van der Waals surface area contributed by atoms with Crippen molar-refractivity contribution in [3.63, 3.8) is 0 Å². The topological polar surface area (TPSA) is 69.7 Å². The van der Waals surface area contributed by atoms with Gasteiger partial charge in [-0.25, -0.2) is 9.59 Å². The van der Waals surface area contributed by atoms with Crippen molar-refractivity contribution in [1.82, 2.24) is 0 Å². The monoisotopic (exact) mass is 348 g/mol. The Bertz CT molecular complexity index is 547. The first-order valence-electron chi connectivity index (χ1n) is 6.15. The van der Waals surface area contributed by atoms with Crippen LogP contribution < -0.4 is 5.43 Å². The summed E-state index contributed by atoms with van der Waals surface area (Å²) in [4.78, 5) is 36.5. The normalized spacial score (nSPS) is 10.3. The molecule has 21 heavy (non-hydrogen) atoms. The van der Waals surface area contributed by atoms with E-state index in [0.29, 0.717) is 8.42 Å². The maximum Gasteiger partial charge on any atom is 0.344 e. The lowest BCUT2D eigenvalue weighted by atomic mass is 10.2. The second-order valence-corrected chi connectivity index (χ2v) is 6.78. The molecule has 0 N–H and O–H groups in total. The van der Waals surface area contributed by atoms with Gasteiger partial charge in [-0.2, -0.15) is 0 Å². The predicted molar refractivity (Wildman–Crippen MR) is 86.1 cm³/mol. The van der Waals surface area contributed by atoms with Crippen molar-refractivity contribution in [2.24, 2.45) is 0 Å². The molecule has 0 aliphatic heterocycles. The van der Waals surface area contributed by atoms with Gasteiger partial charge in [0.25, 0.3) is 0 Å². The SMILES string of the molecule is CCOC(=O)c1c(SC)sc(SC)c(C(=O)OCC)c1=O. The molecule has 0 radical (unpaired) electrons. The average molecular weight is 348 g/mol. The van der Waals surface area contributed by atoms with Crippen molar-refractivity contribution < 1.29 is 19.1 Å². The standard InChI is InChI=1S/C13H16O5S3/c1-5-17-10(15)7-9(14)8(11(16)18-6-2)13(20-4)21-12(7)19-3/h5-6H2,1-4H3. The Hall–Kier alpha value is -0.990. The van der Waals surface area contributed by atoms with Gasteiger partial charge in [-0.05, 0) is 26.4 Å². The molecule has 0 fully saturated rings. The summed E-state index contributed by atoms with van der Waals surface area (Å²) in [6, 6.07) is 0. The predicted octanol–water partition coefficient (Wildman–Crippen LogP) is 2.91. The van der Waals surface area contributed by atoms with E-state index < -0.39 is 17.4 Å². The highest BCUT2D eigenvalue weighted by Crippen LogP contribution is 2.33. The van der Waals surface area contributed by atoms with Crippen LogP contribution in [0.2, 0.25) is 0 Å². The third-order valence-electron chi connectivity index (χ3n) is 2.38. The van der Waals surface area contributed by atoms with Gasteiger partial charge >= 0.3 is 11.9 Å². The zero-order valence-corrected chi connectivity index (χ0v) is 14.6. The number of thioether (sulfide) groups is 2. The van der Waals surface area contributed by atoms with Crippen LogP contribution in [0.1, 0.15) is 34.6 Å². The first-order chi connectivity index (χ1) is 10.0. The molecular weight excluding hydrogens is 332 g/mol. The number of esters is 2. The molecule has 1 heterocycles. The van der Waals surface area contributed by atoms with Gasteiger partial charge in [0.1, 0.15) is 11.1 Å². The Balaban J connectivity index is 3.57. The highest BCUT2D eigenvalue weighted by Gasteiger charge is 2.27. The lowest BCUT2D eigenvalue weighted by Gasteiger charge is -2.11. The van der Waals surface area contributed by atoms with E-state index >= 15 is 0 Å². The Morgan fingerprint density at radius 2 is 1.33 bits per heavy atom. The lowest BCUT2D eigenvalue weighted by Crippen LogP contribution is -2.25. The maximum absolute atomic E-state index is 12.5. The molecule has 8 heteroatoms. The number of hydrogen-bond acceptors (Lipinski definition) is 8. The Morgan fingerprint density at radius 1 is 0.952 bits per heavy atom. The fourth-order valence-corrected chi connectivity index (χ4v) is 4.35. The van der Waals surface area contributed by atoms with Gasteiger partial charge < -0.3 is 9.47 Å². The van der Waals surface area contributed by atoms with Gasteiger partial charge in [0.05, 0.1) is 21.6 Å². The molecule has 0 aliphatic rings. The van der Waals surface area contributed by atoms with Crippen molar-refractivity contribution in [1.29, 1.82) is 0 Å². The second kappa shape index (κ2) is 8.45. The Morgan fingerprint density at radius 3 is 1.62 bits per heavy atom. The van der Waals surface area contributed by atoms with E-state index in [4.69, 9.17) is 9.47 Å². The molecule has 1 rings (SSSR count). The van der Waals surface area contributed by atoms with Crippen LogP contribution in [-0.4, -0.2) is 37.7 Å². The van der Waals surface area contributed by atoms with E-state index in [0.717, 1.165) is 0 Å². The summed E-state index contributed by atoms with van der Waals surface area (Å²) >= 11 is 3.78. The maximum atomic E-state index is 12.5. The smallest absolute Gasteiger partial charge is 0.344 e. The van der Waals surface area contributed by atoms with Crippen molar-refractivity contribution in [2.75, 3.05) is 25.7 Å². The molecule has 5 nitrogen and oxygen atoms in total. The highest BCUT2D eigenvalue weighted by atomic mass is 32.2. The molecule has 0 unspecified atom stereocenters. The van der Waals surface area contributed by atoms with Crippen LogP contribution in [0, 0.1) is 0 Å². The summed E-state index contributed by atoms with van der Waals surface area (Å²) in [5, 5.41) is 0. The van der Waals surface area contributed by atoms with E-state index in [1.165, 1.54) is 34.9 Å². The zero-order chi connectivity index (χ0) is 16.0. The third kappa shape index (κ3) is 4.02. The summed E-state index contributed by atoms with van der Waals surface area (Å²) in [5.41, 5.74) is -0.801. The van der Waals surface area contributed by atoms with Crippen LogP contribution in [0.15, 0.2) is 13.2 Å². The summed E-state index contributed by atoms with van der Waals surface area (Å²) < 4.78 is 10.9. The minimum absolute atomic E-state index is 0.0878. The minimum atomic E-state index is -0.707. The molecule has 0 atom stereocenters. The molecule has 116 valence electrons. The van der Waals surface area contributed by atoms with E-state index in [1.54, 1.807) is 26.4 Å². The van der Waals surface area contributed by atoms with Crippen LogP contribution in [-0.2, 0) is 9.47 Å². The molecule has 0 saturated heterocycles. The molecule has 1 aromatic heterocycles. The molecule has 1 aromatic rings. The highest BCUT2D eigenvalue weighted by molar-refractivity contribution is 8.02. The minimum Gasteiger partial charge on any atom is -0.462 e. The van der Waals surface area contributed by atoms with Gasteiger partial charge in [0, 0.05) is 0 Å². The average Bonchev–Trinajstić information content (AvgIpc) is 2.46. The van der Waals surface area contributed by atoms with Crippen molar-refractivity contribution in [3.8, 4) is 0 Å². The molecule has 0 aromatic carbocycles. The van der Waals surface area contributed by atoms with Crippen LogP contribution >= 0.6 is 34.9 Å². The summed E-state index contributed by atoms with van der Waals surface area (Å²) in [6.45, 7) is 3.64. The molecular formula is C13H16O5S3. The number of hydrogen-bond donors (Lipinski definition) is 0. The molecule has 0 aliphatic carbocycles. The number of carbonyl (C=O) groups is 2. The van der Waals surface area contributed by atoms with Crippen LogP contribution in [0.4, 0.5) is 0 Å². The quantitative estimate of drug-likeness (QED) is 0.578. The number of ether oxygens (including phenoxy) is 2. The fraction of sp³-hybridized carbons (Fsp3) is 0.462. The van der Waals surface area contributed by atoms with E-state index in [1.807, 2.05) is 0 Å². The molecule has 0 saturated carbocycles. The first-order valence-corrected chi connectivity index (χ1v) is 9.41. The summed E-state index contributed by atoms with van der Waals surface area (Å²) in [7, 11) is 0. The van der Waals surface area contributed by atoms with Crippen LogP contribution in [0.3, 0.4) is 0 Å². The Kier molecular flexibility index (Phi) is 7.27. The number of carbonyl (C=O) groups excluding carboxylic acids is 2. The van der Waals surface area contributed by atoms with Gasteiger partial charge in [-0.3, -0.25) is 4.79 Å². The van der Waals surface area contributed by atoms with Crippen LogP contribution in [0.5, 0.6) is 0 Å². The first kappa shape index (κ1) is 18.1. The Labute approximate surface area is 135 Å². The molecule has 0 spiro atoms. The van der Waals surface area contributed by atoms with Crippen molar-refractivity contribution in [2.45, 2.75) is 22.3 Å². The van der Waals surface area contributed by atoms with E-state index in [9.17, 15) is 14.4 Å². The van der Waals surface area contributed by atoms with E-state index in [2.05, 4.69) is 0 Å². The van der Waals surface area contributed by atoms with Gasteiger partial charge in [0.15, 0.2) is 0 Å². The lowest BCUT2D eigenvalue weighted by molar-refractivity contribution is 0.0518.